The van der Waals surface area contributed by atoms with Gasteiger partial charge in [0.2, 0.25) is 0 Å². The van der Waals surface area contributed by atoms with Gasteiger partial charge in [-0.3, -0.25) is 19.3 Å². The second-order valence-corrected chi connectivity index (χ2v) is 8.99. The Labute approximate surface area is 204 Å². The normalized spacial score (nSPS) is 14.9. The van der Waals surface area contributed by atoms with Crippen LogP contribution in [0.15, 0.2) is 46.3 Å². The number of amides is 1. The van der Waals surface area contributed by atoms with Crippen LogP contribution in [-0.4, -0.2) is 51.9 Å². The van der Waals surface area contributed by atoms with Gasteiger partial charge in [-0.25, -0.2) is 0 Å². The zero-order valence-electron chi connectivity index (χ0n) is 20.5. The number of aliphatic hydroxyl groups is 1. The van der Waals surface area contributed by atoms with E-state index < -0.39 is 0 Å². The van der Waals surface area contributed by atoms with Crippen molar-refractivity contribution in [2.75, 3.05) is 25.2 Å². The van der Waals surface area contributed by atoms with Gasteiger partial charge >= 0.3 is 0 Å². The molecule has 3 heterocycles. The van der Waals surface area contributed by atoms with Crippen LogP contribution in [0, 0.1) is 12.8 Å². The van der Waals surface area contributed by atoms with E-state index in [2.05, 4.69) is 26.9 Å². The Morgan fingerprint density at radius 2 is 2.14 bits per heavy atom. The van der Waals surface area contributed by atoms with Crippen LogP contribution >= 0.6 is 0 Å². The van der Waals surface area contributed by atoms with Crippen LogP contribution in [0.2, 0.25) is 0 Å². The fourth-order valence-corrected chi connectivity index (χ4v) is 4.47. The Morgan fingerprint density at radius 1 is 1.34 bits per heavy atom. The highest BCUT2D eigenvalue weighted by atomic mass is 16.5. The fourth-order valence-electron chi connectivity index (χ4n) is 4.47. The lowest BCUT2D eigenvalue weighted by molar-refractivity contribution is 0.100. The number of H-pyrrole nitrogens is 1. The number of methoxy groups -OCH3 is 1. The minimum atomic E-state index is -0.390. The first-order valence-corrected chi connectivity index (χ1v) is 11.7. The number of hydrogen-bond donors (Lipinski definition) is 2. The molecule has 0 saturated carbocycles. The van der Waals surface area contributed by atoms with Crippen molar-refractivity contribution in [3.63, 3.8) is 0 Å². The lowest BCUT2D eigenvalue weighted by atomic mass is 10.1. The quantitative estimate of drug-likeness (QED) is 0.516. The van der Waals surface area contributed by atoms with E-state index in [0.29, 0.717) is 41.3 Å². The maximum atomic E-state index is 13.3. The van der Waals surface area contributed by atoms with Crippen LogP contribution in [-0.2, 0) is 13.5 Å². The van der Waals surface area contributed by atoms with Gasteiger partial charge in [-0.15, -0.1) is 0 Å². The molecule has 0 radical (unpaired) electrons. The molecule has 9 nitrogen and oxygen atoms in total. The molecule has 0 spiro atoms. The van der Waals surface area contributed by atoms with E-state index in [1.54, 1.807) is 39.4 Å². The summed E-state index contributed by atoms with van der Waals surface area (Å²) in [4.78, 5) is 36.8. The third kappa shape index (κ3) is 5.05. The van der Waals surface area contributed by atoms with Crippen LogP contribution in [0.25, 0.3) is 11.3 Å². The highest BCUT2D eigenvalue weighted by molar-refractivity contribution is 6.13. The smallest absolute Gasteiger partial charge is 0.278 e. The molecule has 2 N–H and O–H groups in total. The first kappa shape index (κ1) is 24.4. The highest BCUT2D eigenvalue weighted by Crippen LogP contribution is 2.39. The Bertz CT molecular complexity index is 1320. The van der Waals surface area contributed by atoms with Crippen LogP contribution in [0.5, 0.6) is 5.75 Å². The molecular formula is C26H31N5O4. The topological polar surface area (TPSA) is 113 Å². The number of carbonyl (C=O) groups excluding carboxylic acids is 1. The summed E-state index contributed by atoms with van der Waals surface area (Å²) in [6, 6.07) is 9.16. The van der Waals surface area contributed by atoms with Gasteiger partial charge in [-0.2, -0.15) is 4.99 Å². The number of aliphatic imine (C=N–C) groups is 1. The summed E-state index contributed by atoms with van der Waals surface area (Å²) >= 11 is 0. The number of fused-ring (bicyclic) bond motifs is 1. The Balaban J connectivity index is 1.70. The largest absolute Gasteiger partial charge is 0.495 e. The molecule has 0 saturated heterocycles. The van der Waals surface area contributed by atoms with Gasteiger partial charge in [0.05, 0.1) is 24.1 Å². The van der Waals surface area contributed by atoms with E-state index in [-0.39, 0.29) is 24.0 Å². The van der Waals surface area contributed by atoms with E-state index in [4.69, 9.17) is 4.74 Å². The molecule has 9 heteroatoms. The molecule has 0 bridgehead atoms. The Hall–Kier alpha value is -3.72. The molecule has 184 valence electrons. The summed E-state index contributed by atoms with van der Waals surface area (Å²) in [7, 11) is 3.26. The van der Waals surface area contributed by atoms with Gasteiger partial charge in [-0.1, -0.05) is 19.1 Å². The van der Waals surface area contributed by atoms with Crippen LogP contribution in [0.1, 0.15) is 41.4 Å². The Morgan fingerprint density at radius 3 is 2.83 bits per heavy atom. The van der Waals surface area contributed by atoms with Crippen molar-refractivity contribution >= 4 is 17.4 Å². The number of aromatic nitrogens is 3. The molecule has 1 aromatic carbocycles. The average molecular weight is 478 g/mol. The number of nitrogens with one attached hydrogen (secondary N) is 1. The predicted octanol–water partition coefficient (Wildman–Crippen LogP) is 3.10. The van der Waals surface area contributed by atoms with Gasteiger partial charge in [0.1, 0.15) is 11.6 Å². The van der Waals surface area contributed by atoms with Crippen LogP contribution < -0.4 is 15.2 Å². The maximum Gasteiger partial charge on any atom is 0.278 e. The zero-order valence-corrected chi connectivity index (χ0v) is 20.5. The maximum absolute atomic E-state index is 13.3. The number of amidine groups is 1. The number of benzene rings is 1. The molecule has 0 unspecified atom stereocenters. The number of nitrogens with zero attached hydrogens (tertiary/aromatic N) is 4. The second kappa shape index (κ2) is 10.3. The third-order valence-corrected chi connectivity index (χ3v) is 6.23. The molecule has 0 aliphatic carbocycles. The lowest BCUT2D eigenvalue weighted by Gasteiger charge is -2.25. The van der Waals surface area contributed by atoms with Gasteiger partial charge in [0, 0.05) is 44.1 Å². The van der Waals surface area contributed by atoms with Crippen molar-refractivity contribution in [3.05, 3.63) is 63.7 Å². The molecule has 1 atom stereocenters. The van der Waals surface area contributed by atoms with Crippen molar-refractivity contribution in [3.8, 4) is 17.0 Å². The molecule has 1 aliphatic heterocycles. The van der Waals surface area contributed by atoms with Gasteiger partial charge in [-0.05, 0) is 49.4 Å². The average Bonchev–Trinajstić information content (AvgIpc) is 3.36. The number of aliphatic hydroxyl groups excluding tert-OH is 1. The standard InChI is InChI=1S/C26H31N5O4/c1-16(7-6-10-32)15-31-23(13-18-8-5-9-22(35-4)24(18)31)29-25(33)19-11-17(2)28-21(12-19)20-14-27-30(3)26(20)34/h5,8-9,11-12,14,16,27,32H,6-7,10,13,15H2,1-4H3/t16-/m1/s1. The van der Waals surface area contributed by atoms with E-state index >= 15 is 0 Å². The van der Waals surface area contributed by atoms with Crippen molar-refractivity contribution in [2.45, 2.75) is 33.1 Å². The van der Waals surface area contributed by atoms with Crippen molar-refractivity contribution < 1.29 is 14.6 Å². The summed E-state index contributed by atoms with van der Waals surface area (Å²) in [5, 5.41) is 12.1. The van der Waals surface area contributed by atoms with E-state index in [0.717, 1.165) is 29.8 Å². The molecule has 0 fully saturated rings. The number of ether oxygens (including phenoxy) is 1. The molecule has 3 aromatic rings. The number of hydrogen-bond acceptors (Lipinski definition) is 5. The minimum Gasteiger partial charge on any atom is -0.495 e. The van der Waals surface area contributed by atoms with Crippen LogP contribution in [0.3, 0.4) is 0 Å². The van der Waals surface area contributed by atoms with E-state index in [1.807, 2.05) is 18.2 Å². The fraction of sp³-hybridized carbons (Fsp3) is 0.385. The molecule has 2 aromatic heterocycles. The van der Waals surface area contributed by atoms with Gasteiger partial charge < -0.3 is 19.8 Å². The number of rotatable bonds is 8. The molecule has 1 aliphatic rings. The summed E-state index contributed by atoms with van der Waals surface area (Å²) in [6.45, 7) is 4.71. The van der Waals surface area contributed by atoms with E-state index in [9.17, 15) is 14.7 Å². The number of pyridine rings is 1. The van der Waals surface area contributed by atoms with E-state index in [1.165, 1.54) is 4.68 Å². The lowest BCUT2D eigenvalue weighted by Crippen LogP contribution is -2.32. The third-order valence-electron chi connectivity index (χ3n) is 6.23. The Kier molecular flexibility index (Phi) is 7.16. The highest BCUT2D eigenvalue weighted by Gasteiger charge is 2.30. The molecular weight excluding hydrogens is 446 g/mol. The van der Waals surface area contributed by atoms with Gasteiger partial charge in [0.15, 0.2) is 0 Å². The summed E-state index contributed by atoms with van der Waals surface area (Å²) in [6.07, 6.45) is 3.67. The first-order chi connectivity index (χ1) is 16.8. The predicted molar refractivity (Wildman–Crippen MR) is 135 cm³/mol. The number of aromatic amines is 1. The summed E-state index contributed by atoms with van der Waals surface area (Å²) < 4.78 is 6.98. The zero-order chi connectivity index (χ0) is 25.1. The molecule has 4 rings (SSSR count). The van der Waals surface area contributed by atoms with Crippen LogP contribution in [0.4, 0.5) is 5.69 Å². The molecule has 1 amide bonds. The monoisotopic (exact) mass is 477 g/mol. The number of anilines is 1. The van der Waals surface area contributed by atoms with Crippen molar-refractivity contribution in [1.29, 1.82) is 0 Å². The minimum absolute atomic E-state index is 0.150. The van der Waals surface area contributed by atoms with Crippen molar-refractivity contribution in [2.24, 2.45) is 18.0 Å². The van der Waals surface area contributed by atoms with Gasteiger partial charge in [0.25, 0.3) is 11.5 Å². The SMILES string of the molecule is COc1cccc2c1N(C[C@H](C)CCCO)C(=NC(=O)c1cc(C)nc(-c3c[nH]n(C)c3=O)c1)C2. The molecule has 35 heavy (non-hydrogen) atoms. The summed E-state index contributed by atoms with van der Waals surface area (Å²) in [5.74, 6) is 1.27. The summed E-state index contributed by atoms with van der Waals surface area (Å²) in [5.41, 5.74) is 3.60. The number of carbonyl (C=O) groups is 1. The first-order valence-electron chi connectivity index (χ1n) is 11.7. The number of aryl methyl sites for hydroxylation is 2. The number of para-hydroxylation sites is 1. The van der Waals surface area contributed by atoms with Crippen molar-refractivity contribution in [1.82, 2.24) is 14.8 Å². The second-order valence-electron chi connectivity index (χ2n) is 8.99.